The Bertz CT molecular complexity index is 593. The van der Waals surface area contributed by atoms with Gasteiger partial charge in [0, 0.05) is 46.6 Å². The van der Waals surface area contributed by atoms with Crippen molar-refractivity contribution in [2.75, 3.05) is 46.6 Å². The highest BCUT2D eigenvalue weighted by Gasteiger charge is 2.21. The summed E-state index contributed by atoms with van der Waals surface area (Å²) in [5.74, 6) is 0.995. The van der Waals surface area contributed by atoms with E-state index >= 15 is 0 Å². The molecule has 1 aliphatic rings. The van der Waals surface area contributed by atoms with E-state index in [-0.39, 0.29) is 24.0 Å². The van der Waals surface area contributed by atoms with Crippen molar-refractivity contribution in [2.45, 2.75) is 58.8 Å². The second kappa shape index (κ2) is 16.8. The Morgan fingerprint density at radius 3 is 2.50 bits per heavy atom. The zero-order valence-electron chi connectivity index (χ0n) is 18.9. The van der Waals surface area contributed by atoms with Gasteiger partial charge in [-0.2, -0.15) is 0 Å². The fraction of sp³-hybridized carbons (Fsp3) is 0.696. The summed E-state index contributed by atoms with van der Waals surface area (Å²) in [6.45, 7) is 10.7. The van der Waals surface area contributed by atoms with E-state index in [0.29, 0.717) is 19.3 Å². The van der Waals surface area contributed by atoms with Crippen LogP contribution in [0.3, 0.4) is 0 Å². The van der Waals surface area contributed by atoms with E-state index in [9.17, 15) is 0 Å². The largest absolute Gasteiger partial charge is 0.385 e. The molecule has 1 aliphatic heterocycles. The van der Waals surface area contributed by atoms with Crippen molar-refractivity contribution in [3.63, 3.8) is 0 Å². The summed E-state index contributed by atoms with van der Waals surface area (Å²) in [5, 5.41) is 3.46. The standard InChI is InChI=1S/C23H39N3O3.HI/c1-4-15-28-19-21-10-7-6-9-20(21)18-25-23(24-5-2)26-13-11-22(12-14-26)29-17-8-16-27-3;/h6-7,9-10,22H,4-5,8,11-19H2,1-3H3,(H,24,25);1H. The molecule has 1 aromatic carbocycles. The van der Waals surface area contributed by atoms with Crippen LogP contribution in [0.2, 0.25) is 0 Å². The molecule has 0 radical (unpaired) electrons. The maximum Gasteiger partial charge on any atom is 0.194 e. The third kappa shape index (κ3) is 9.94. The molecule has 1 N–H and O–H groups in total. The van der Waals surface area contributed by atoms with Gasteiger partial charge in [0.2, 0.25) is 0 Å². The maximum atomic E-state index is 5.98. The topological polar surface area (TPSA) is 55.3 Å². The summed E-state index contributed by atoms with van der Waals surface area (Å²) < 4.78 is 16.8. The van der Waals surface area contributed by atoms with E-state index in [2.05, 4.69) is 48.3 Å². The molecule has 0 aliphatic carbocycles. The molecule has 6 nitrogen and oxygen atoms in total. The lowest BCUT2D eigenvalue weighted by Crippen LogP contribution is -2.47. The third-order valence-electron chi connectivity index (χ3n) is 5.05. The van der Waals surface area contributed by atoms with Crippen molar-refractivity contribution in [1.29, 1.82) is 0 Å². The number of nitrogens with zero attached hydrogens (tertiary/aromatic N) is 2. The van der Waals surface area contributed by atoms with E-state index in [4.69, 9.17) is 19.2 Å². The molecule has 0 bridgehead atoms. The van der Waals surface area contributed by atoms with Gasteiger partial charge in [0.25, 0.3) is 0 Å². The van der Waals surface area contributed by atoms with Crippen LogP contribution < -0.4 is 5.32 Å². The molecule has 0 aromatic heterocycles. The smallest absolute Gasteiger partial charge is 0.194 e. The first-order valence-corrected chi connectivity index (χ1v) is 11.1. The molecule has 7 heteroatoms. The van der Waals surface area contributed by atoms with Crippen LogP contribution in [0.25, 0.3) is 0 Å². The summed E-state index contributed by atoms with van der Waals surface area (Å²) in [4.78, 5) is 7.28. The Hall–Kier alpha value is -0.900. The average molecular weight is 533 g/mol. The van der Waals surface area contributed by atoms with Crippen molar-refractivity contribution >= 4 is 29.9 Å². The minimum Gasteiger partial charge on any atom is -0.385 e. The van der Waals surface area contributed by atoms with Gasteiger partial charge in [0.15, 0.2) is 5.96 Å². The highest BCUT2D eigenvalue weighted by molar-refractivity contribution is 14.0. The molecule has 0 spiro atoms. The highest BCUT2D eigenvalue weighted by Crippen LogP contribution is 2.16. The van der Waals surface area contributed by atoms with Crippen molar-refractivity contribution in [1.82, 2.24) is 10.2 Å². The van der Waals surface area contributed by atoms with E-state index in [1.165, 1.54) is 11.1 Å². The van der Waals surface area contributed by atoms with Crippen LogP contribution in [0.4, 0.5) is 0 Å². The van der Waals surface area contributed by atoms with Gasteiger partial charge in [-0.05, 0) is 43.7 Å². The molecule has 0 saturated carbocycles. The molecule has 0 atom stereocenters. The number of guanidine groups is 1. The number of halogens is 1. The lowest BCUT2D eigenvalue weighted by molar-refractivity contribution is 0.00990. The molecule has 1 aromatic rings. The van der Waals surface area contributed by atoms with Crippen molar-refractivity contribution < 1.29 is 14.2 Å². The van der Waals surface area contributed by atoms with Crippen molar-refractivity contribution in [3.05, 3.63) is 35.4 Å². The number of nitrogens with one attached hydrogen (secondary N) is 1. The number of hydrogen-bond donors (Lipinski definition) is 1. The summed E-state index contributed by atoms with van der Waals surface area (Å²) >= 11 is 0. The number of piperidine rings is 1. The quantitative estimate of drug-likeness (QED) is 0.189. The maximum absolute atomic E-state index is 5.98. The normalized spacial score (nSPS) is 15.2. The lowest BCUT2D eigenvalue weighted by atomic mass is 10.1. The van der Waals surface area contributed by atoms with E-state index < -0.39 is 0 Å². The van der Waals surface area contributed by atoms with Gasteiger partial charge < -0.3 is 24.4 Å². The van der Waals surface area contributed by atoms with Crippen LogP contribution in [0.5, 0.6) is 0 Å². The minimum atomic E-state index is 0. The van der Waals surface area contributed by atoms with Gasteiger partial charge in [0.05, 0.1) is 19.3 Å². The van der Waals surface area contributed by atoms with Gasteiger partial charge in [0.1, 0.15) is 0 Å². The summed E-state index contributed by atoms with van der Waals surface area (Å²) in [7, 11) is 1.73. The van der Waals surface area contributed by atoms with Crippen LogP contribution in [-0.2, 0) is 27.4 Å². The summed E-state index contributed by atoms with van der Waals surface area (Å²) in [5.41, 5.74) is 2.46. The van der Waals surface area contributed by atoms with Crippen molar-refractivity contribution in [2.24, 2.45) is 4.99 Å². The molecule has 0 amide bonds. The Kier molecular flexibility index (Phi) is 15.2. The second-order valence-corrected chi connectivity index (χ2v) is 7.40. The average Bonchev–Trinajstić information content (AvgIpc) is 2.76. The lowest BCUT2D eigenvalue weighted by Gasteiger charge is -2.34. The number of ether oxygens (including phenoxy) is 3. The highest BCUT2D eigenvalue weighted by atomic mass is 127. The zero-order valence-corrected chi connectivity index (χ0v) is 21.2. The Morgan fingerprint density at radius 1 is 1.10 bits per heavy atom. The number of likely N-dealkylation sites (tertiary alicyclic amines) is 1. The third-order valence-corrected chi connectivity index (χ3v) is 5.05. The molecule has 1 heterocycles. The fourth-order valence-corrected chi connectivity index (χ4v) is 3.45. The summed E-state index contributed by atoms with van der Waals surface area (Å²) in [6.07, 6.45) is 4.43. The van der Waals surface area contributed by atoms with Crippen molar-refractivity contribution in [3.8, 4) is 0 Å². The van der Waals surface area contributed by atoms with Gasteiger partial charge in [-0.1, -0.05) is 31.2 Å². The van der Waals surface area contributed by atoms with E-state index in [0.717, 1.165) is 71.1 Å². The molecular weight excluding hydrogens is 493 g/mol. The first-order valence-electron chi connectivity index (χ1n) is 11.1. The number of aliphatic imine (C=N–C) groups is 1. The number of methoxy groups -OCH3 is 1. The van der Waals surface area contributed by atoms with E-state index in [1.54, 1.807) is 7.11 Å². The first-order chi connectivity index (χ1) is 14.3. The number of benzene rings is 1. The molecular formula is C23H40IN3O3. The van der Waals surface area contributed by atoms with Gasteiger partial charge >= 0.3 is 0 Å². The Balaban J connectivity index is 0.00000450. The molecule has 0 unspecified atom stereocenters. The van der Waals surface area contributed by atoms with Crippen LogP contribution in [0, 0.1) is 0 Å². The molecule has 172 valence electrons. The number of rotatable bonds is 12. The van der Waals surface area contributed by atoms with Crippen LogP contribution >= 0.6 is 24.0 Å². The Morgan fingerprint density at radius 2 is 1.83 bits per heavy atom. The SMILES string of the molecule is CCCOCc1ccccc1CN=C(NCC)N1CCC(OCCCOC)CC1.I. The van der Waals surface area contributed by atoms with Crippen LogP contribution in [0.1, 0.15) is 50.7 Å². The Labute approximate surface area is 199 Å². The summed E-state index contributed by atoms with van der Waals surface area (Å²) in [6, 6.07) is 8.44. The molecule has 1 saturated heterocycles. The van der Waals surface area contributed by atoms with E-state index in [1.807, 2.05) is 0 Å². The van der Waals surface area contributed by atoms with Crippen LogP contribution in [-0.4, -0.2) is 63.5 Å². The molecule has 2 rings (SSSR count). The predicted molar refractivity (Wildman–Crippen MR) is 134 cm³/mol. The van der Waals surface area contributed by atoms with Gasteiger partial charge in [-0.3, -0.25) is 0 Å². The predicted octanol–water partition coefficient (Wildman–Crippen LogP) is 4.21. The monoisotopic (exact) mass is 533 g/mol. The molecule has 1 fully saturated rings. The fourth-order valence-electron chi connectivity index (χ4n) is 3.45. The van der Waals surface area contributed by atoms with Gasteiger partial charge in [-0.15, -0.1) is 24.0 Å². The number of hydrogen-bond acceptors (Lipinski definition) is 4. The second-order valence-electron chi connectivity index (χ2n) is 7.40. The first kappa shape index (κ1) is 27.1. The zero-order chi connectivity index (χ0) is 20.7. The van der Waals surface area contributed by atoms with Gasteiger partial charge in [-0.25, -0.2) is 4.99 Å². The molecule has 30 heavy (non-hydrogen) atoms. The minimum absolute atomic E-state index is 0. The van der Waals surface area contributed by atoms with Crippen LogP contribution in [0.15, 0.2) is 29.3 Å².